The smallest absolute Gasteiger partial charge is 0.0121 e. The van der Waals surface area contributed by atoms with Crippen molar-refractivity contribution in [3.05, 3.63) is 0 Å². The summed E-state index contributed by atoms with van der Waals surface area (Å²) in [5.41, 5.74) is 0. The molecule has 0 bridgehead atoms. The molecule has 0 aliphatic heterocycles. The van der Waals surface area contributed by atoms with Gasteiger partial charge in [0.15, 0.2) is 0 Å². The van der Waals surface area contributed by atoms with Crippen LogP contribution in [-0.2, 0) is 0 Å². The van der Waals surface area contributed by atoms with Gasteiger partial charge in [-0.2, -0.15) is 0 Å². The van der Waals surface area contributed by atoms with Crippen molar-refractivity contribution in [2.24, 2.45) is 23.7 Å². The van der Waals surface area contributed by atoms with Crippen LogP contribution in [0, 0.1) is 23.7 Å². The standard InChI is InChI=1S/C17H35N/c1-6-12-18-17(14(5)7-2)16-10-8-15(9-11-16)13(3)4/h13-18H,6-12H2,1-5H3. The monoisotopic (exact) mass is 253 g/mol. The second-order valence-corrected chi connectivity index (χ2v) is 6.78. The van der Waals surface area contributed by atoms with Crippen LogP contribution in [-0.4, -0.2) is 12.6 Å². The van der Waals surface area contributed by atoms with Gasteiger partial charge in [0, 0.05) is 6.04 Å². The second-order valence-electron chi connectivity index (χ2n) is 6.78. The van der Waals surface area contributed by atoms with Crippen LogP contribution in [0.15, 0.2) is 0 Å². The Hall–Kier alpha value is -0.0400. The Morgan fingerprint density at radius 1 is 0.944 bits per heavy atom. The maximum atomic E-state index is 3.83. The summed E-state index contributed by atoms with van der Waals surface area (Å²) < 4.78 is 0. The van der Waals surface area contributed by atoms with E-state index in [2.05, 4.69) is 39.9 Å². The highest BCUT2D eigenvalue weighted by Crippen LogP contribution is 2.36. The largest absolute Gasteiger partial charge is 0.313 e. The van der Waals surface area contributed by atoms with Crippen LogP contribution in [0.5, 0.6) is 0 Å². The van der Waals surface area contributed by atoms with Crippen molar-refractivity contribution < 1.29 is 0 Å². The number of hydrogen-bond acceptors (Lipinski definition) is 1. The van der Waals surface area contributed by atoms with Crippen molar-refractivity contribution in [2.45, 2.75) is 79.2 Å². The van der Waals surface area contributed by atoms with E-state index in [1.165, 1.54) is 45.1 Å². The van der Waals surface area contributed by atoms with Crippen LogP contribution in [0.2, 0.25) is 0 Å². The first-order valence-electron chi connectivity index (χ1n) is 8.33. The van der Waals surface area contributed by atoms with Crippen LogP contribution in [0.4, 0.5) is 0 Å². The van der Waals surface area contributed by atoms with Gasteiger partial charge in [-0.15, -0.1) is 0 Å². The Bertz CT molecular complexity index is 204. The Kier molecular flexibility index (Phi) is 7.29. The van der Waals surface area contributed by atoms with Crippen molar-refractivity contribution in [1.82, 2.24) is 5.32 Å². The predicted molar refractivity (Wildman–Crippen MR) is 81.8 cm³/mol. The molecule has 0 saturated heterocycles. The Balaban J connectivity index is 2.48. The van der Waals surface area contributed by atoms with Crippen LogP contribution in [0.3, 0.4) is 0 Å². The summed E-state index contributed by atoms with van der Waals surface area (Å²) in [5, 5.41) is 3.83. The molecule has 2 atom stereocenters. The third-order valence-corrected chi connectivity index (χ3v) is 5.15. The second kappa shape index (κ2) is 8.19. The van der Waals surface area contributed by atoms with Gasteiger partial charge in [0.1, 0.15) is 0 Å². The molecule has 0 amide bonds. The molecule has 2 unspecified atom stereocenters. The molecule has 0 radical (unpaired) electrons. The molecular weight excluding hydrogens is 218 g/mol. The molecule has 0 aromatic heterocycles. The molecule has 0 aromatic rings. The maximum absolute atomic E-state index is 3.83. The van der Waals surface area contributed by atoms with E-state index < -0.39 is 0 Å². The van der Waals surface area contributed by atoms with E-state index >= 15 is 0 Å². The van der Waals surface area contributed by atoms with Crippen LogP contribution >= 0.6 is 0 Å². The molecule has 1 aliphatic rings. The van der Waals surface area contributed by atoms with Crippen molar-refractivity contribution in [3.63, 3.8) is 0 Å². The minimum Gasteiger partial charge on any atom is -0.313 e. The molecule has 1 aliphatic carbocycles. The Morgan fingerprint density at radius 3 is 1.94 bits per heavy atom. The molecule has 1 nitrogen and oxygen atoms in total. The molecule has 0 spiro atoms. The fourth-order valence-corrected chi connectivity index (χ4v) is 3.57. The van der Waals surface area contributed by atoms with Crippen molar-refractivity contribution in [3.8, 4) is 0 Å². The number of nitrogens with one attached hydrogen (secondary N) is 1. The van der Waals surface area contributed by atoms with E-state index in [1.54, 1.807) is 0 Å². The molecule has 1 saturated carbocycles. The summed E-state index contributed by atoms with van der Waals surface area (Å²) in [4.78, 5) is 0. The third-order valence-electron chi connectivity index (χ3n) is 5.15. The SMILES string of the molecule is CCCNC(C(C)CC)C1CCC(C(C)C)CC1. The molecule has 18 heavy (non-hydrogen) atoms. The quantitative estimate of drug-likeness (QED) is 0.683. The van der Waals surface area contributed by atoms with Gasteiger partial charge in [0.25, 0.3) is 0 Å². The summed E-state index contributed by atoms with van der Waals surface area (Å²) >= 11 is 0. The highest BCUT2D eigenvalue weighted by molar-refractivity contribution is 4.85. The molecule has 108 valence electrons. The van der Waals surface area contributed by atoms with E-state index in [1.807, 2.05) is 0 Å². The zero-order chi connectivity index (χ0) is 13.5. The summed E-state index contributed by atoms with van der Waals surface area (Å²) in [6, 6.07) is 0.767. The van der Waals surface area contributed by atoms with Crippen LogP contribution < -0.4 is 5.32 Å². The number of rotatable bonds is 7. The molecule has 1 N–H and O–H groups in total. The first kappa shape index (κ1) is 16.0. The summed E-state index contributed by atoms with van der Waals surface area (Å²) in [5.74, 6) is 3.64. The fourth-order valence-electron chi connectivity index (χ4n) is 3.57. The lowest BCUT2D eigenvalue weighted by Gasteiger charge is -2.38. The fraction of sp³-hybridized carbons (Fsp3) is 1.00. The van der Waals surface area contributed by atoms with Crippen molar-refractivity contribution in [2.75, 3.05) is 6.54 Å². The topological polar surface area (TPSA) is 12.0 Å². The third kappa shape index (κ3) is 4.57. The summed E-state index contributed by atoms with van der Waals surface area (Å²) in [6.07, 6.45) is 8.40. The van der Waals surface area contributed by atoms with Crippen LogP contribution in [0.1, 0.15) is 73.1 Å². The first-order valence-corrected chi connectivity index (χ1v) is 8.33. The molecule has 0 aromatic carbocycles. The Labute approximate surface area is 115 Å². The first-order chi connectivity index (χ1) is 8.60. The molecular formula is C17H35N. The highest BCUT2D eigenvalue weighted by atomic mass is 14.9. The van der Waals surface area contributed by atoms with Gasteiger partial charge in [-0.3, -0.25) is 0 Å². The summed E-state index contributed by atoms with van der Waals surface area (Å²) in [7, 11) is 0. The van der Waals surface area contributed by atoms with E-state index in [-0.39, 0.29) is 0 Å². The van der Waals surface area contributed by atoms with E-state index in [4.69, 9.17) is 0 Å². The molecule has 1 fully saturated rings. The lowest BCUT2D eigenvalue weighted by atomic mass is 9.72. The molecule has 1 rings (SSSR count). The van der Waals surface area contributed by atoms with Gasteiger partial charge in [0.05, 0.1) is 0 Å². The van der Waals surface area contributed by atoms with Gasteiger partial charge in [-0.05, 0) is 62.3 Å². The van der Waals surface area contributed by atoms with Gasteiger partial charge >= 0.3 is 0 Å². The lowest BCUT2D eigenvalue weighted by molar-refractivity contribution is 0.160. The molecule has 0 heterocycles. The van der Waals surface area contributed by atoms with Gasteiger partial charge < -0.3 is 5.32 Å². The Morgan fingerprint density at radius 2 is 1.50 bits per heavy atom. The molecule has 1 heteroatoms. The van der Waals surface area contributed by atoms with Gasteiger partial charge in [0.2, 0.25) is 0 Å². The maximum Gasteiger partial charge on any atom is 0.0121 e. The average Bonchev–Trinajstić information content (AvgIpc) is 2.39. The van der Waals surface area contributed by atoms with Gasteiger partial charge in [-0.1, -0.05) is 41.0 Å². The summed E-state index contributed by atoms with van der Waals surface area (Å²) in [6.45, 7) is 13.0. The van der Waals surface area contributed by atoms with Crippen molar-refractivity contribution >= 4 is 0 Å². The average molecular weight is 253 g/mol. The van der Waals surface area contributed by atoms with E-state index in [9.17, 15) is 0 Å². The minimum atomic E-state index is 0.767. The lowest BCUT2D eigenvalue weighted by Crippen LogP contribution is -2.43. The highest BCUT2D eigenvalue weighted by Gasteiger charge is 2.30. The zero-order valence-corrected chi connectivity index (χ0v) is 13.3. The van der Waals surface area contributed by atoms with E-state index in [0.717, 1.165) is 29.7 Å². The normalized spacial score (nSPS) is 28.3. The van der Waals surface area contributed by atoms with Gasteiger partial charge in [-0.25, -0.2) is 0 Å². The van der Waals surface area contributed by atoms with E-state index in [0.29, 0.717) is 0 Å². The van der Waals surface area contributed by atoms with Crippen LogP contribution in [0.25, 0.3) is 0 Å². The minimum absolute atomic E-state index is 0.767. The number of hydrogen-bond donors (Lipinski definition) is 1. The van der Waals surface area contributed by atoms with Crippen molar-refractivity contribution in [1.29, 1.82) is 0 Å². The predicted octanol–water partition coefficient (Wildman–Crippen LogP) is 4.86. The zero-order valence-electron chi connectivity index (χ0n) is 13.3.